The van der Waals surface area contributed by atoms with Crippen molar-refractivity contribution in [2.24, 2.45) is 5.84 Å². The lowest BCUT2D eigenvalue weighted by Gasteiger charge is -2.16. The maximum absolute atomic E-state index is 6.05. The fourth-order valence-corrected chi connectivity index (χ4v) is 4.15. The minimum Gasteiger partial charge on any atom is -0.271 e. The second-order valence-electron chi connectivity index (χ2n) is 3.44. The summed E-state index contributed by atoms with van der Waals surface area (Å²) in [5, 5.41) is 2.70. The number of hydrazine groups is 1. The monoisotopic (exact) mass is 394 g/mol. The van der Waals surface area contributed by atoms with Crippen molar-refractivity contribution >= 4 is 54.8 Å². The van der Waals surface area contributed by atoms with Crippen molar-refractivity contribution in [2.45, 2.75) is 6.04 Å². The van der Waals surface area contributed by atoms with Gasteiger partial charge >= 0.3 is 0 Å². The molecule has 3 N–H and O–H groups in total. The first-order valence-electron chi connectivity index (χ1n) is 4.77. The van der Waals surface area contributed by atoms with E-state index in [1.807, 2.05) is 29.6 Å². The summed E-state index contributed by atoms with van der Waals surface area (Å²) in [4.78, 5) is 1.13. The molecule has 2 rings (SSSR count). The van der Waals surface area contributed by atoms with Crippen LogP contribution in [0, 0.1) is 0 Å². The van der Waals surface area contributed by atoms with E-state index in [0.29, 0.717) is 5.02 Å². The Morgan fingerprint density at radius 1 is 1.29 bits per heavy atom. The van der Waals surface area contributed by atoms with E-state index in [2.05, 4.69) is 37.3 Å². The van der Waals surface area contributed by atoms with Gasteiger partial charge in [-0.3, -0.25) is 5.84 Å². The molecule has 6 heteroatoms. The number of hydrogen-bond donors (Lipinski definition) is 2. The molecule has 0 bridgehead atoms. The molecule has 0 aliphatic rings. The third-order valence-corrected chi connectivity index (χ3v) is 4.90. The summed E-state index contributed by atoms with van der Waals surface area (Å²) in [6.45, 7) is 0. The number of rotatable bonds is 3. The minimum absolute atomic E-state index is 0.0700. The Hall–Kier alpha value is 0.0900. The lowest BCUT2D eigenvalue weighted by Crippen LogP contribution is -2.28. The average molecular weight is 397 g/mol. The molecule has 1 unspecified atom stereocenters. The summed E-state index contributed by atoms with van der Waals surface area (Å²) >= 11 is 14.6. The molecule has 1 aromatic carbocycles. The number of nitrogens with two attached hydrogens (primary N) is 1. The summed E-state index contributed by atoms with van der Waals surface area (Å²) < 4.78 is 1.98. The van der Waals surface area contributed by atoms with Crippen LogP contribution in [0.15, 0.2) is 38.6 Å². The lowest BCUT2D eigenvalue weighted by atomic mass is 10.1. The van der Waals surface area contributed by atoms with Crippen LogP contribution in [0.3, 0.4) is 0 Å². The van der Waals surface area contributed by atoms with Crippen molar-refractivity contribution in [3.05, 3.63) is 54.1 Å². The molecule has 2 nitrogen and oxygen atoms in total. The zero-order valence-corrected chi connectivity index (χ0v) is 13.3. The van der Waals surface area contributed by atoms with Gasteiger partial charge in [0.15, 0.2) is 0 Å². The quantitative estimate of drug-likeness (QED) is 0.593. The third kappa shape index (κ3) is 3.10. The van der Waals surface area contributed by atoms with Crippen LogP contribution in [0.5, 0.6) is 0 Å². The van der Waals surface area contributed by atoms with Crippen molar-refractivity contribution in [3.63, 3.8) is 0 Å². The van der Waals surface area contributed by atoms with Gasteiger partial charge in [-0.05, 0) is 51.1 Å². The summed E-state index contributed by atoms with van der Waals surface area (Å²) in [6, 6.07) is 7.69. The highest BCUT2D eigenvalue weighted by Crippen LogP contribution is 2.34. The van der Waals surface area contributed by atoms with Gasteiger partial charge in [0.2, 0.25) is 0 Å². The standard InChI is InChI=1S/C11H9Br2ClN2S/c12-7-3-6(4-8(14)5-7)10(16-15)11-9(13)1-2-17-11/h1-5,10,16H,15H2. The van der Waals surface area contributed by atoms with E-state index >= 15 is 0 Å². The second-order valence-corrected chi connectivity index (χ2v) is 6.59. The fourth-order valence-electron chi connectivity index (χ4n) is 1.58. The second kappa shape index (κ2) is 5.82. The Kier molecular flexibility index (Phi) is 4.63. The van der Waals surface area contributed by atoms with Gasteiger partial charge in [-0.2, -0.15) is 0 Å². The van der Waals surface area contributed by atoms with E-state index in [9.17, 15) is 0 Å². The topological polar surface area (TPSA) is 38.0 Å². The summed E-state index contributed by atoms with van der Waals surface area (Å²) in [7, 11) is 0. The third-order valence-electron chi connectivity index (χ3n) is 2.29. The molecule has 1 aromatic heterocycles. The van der Waals surface area contributed by atoms with Crippen molar-refractivity contribution in [1.29, 1.82) is 0 Å². The molecule has 90 valence electrons. The Morgan fingerprint density at radius 3 is 2.59 bits per heavy atom. The maximum atomic E-state index is 6.05. The normalized spacial score (nSPS) is 12.7. The van der Waals surface area contributed by atoms with E-state index < -0.39 is 0 Å². The van der Waals surface area contributed by atoms with Gasteiger partial charge in [-0.25, -0.2) is 5.43 Å². The summed E-state index contributed by atoms with van der Waals surface area (Å²) in [5.41, 5.74) is 3.84. The molecular formula is C11H9Br2ClN2S. The maximum Gasteiger partial charge on any atom is 0.0814 e. The molecule has 0 aliphatic carbocycles. The molecule has 0 aliphatic heterocycles. The molecular weight excluding hydrogens is 387 g/mol. The van der Waals surface area contributed by atoms with Crippen molar-refractivity contribution in [1.82, 2.24) is 5.43 Å². The molecule has 0 saturated carbocycles. The Bertz CT molecular complexity index is 510. The molecule has 1 atom stereocenters. The Balaban J connectivity index is 2.45. The molecule has 0 amide bonds. The highest BCUT2D eigenvalue weighted by atomic mass is 79.9. The molecule has 0 radical (unpaired) electrons. The molecule has 0 fully saturated rings. The number of halogens is 3. The number of hydrogen-bond acceptors (Lipinski definition) is 3. The van der Waals surface area contributed by atoms with Crippen LogP contribution in [0.1, 0.15) is 16.5 Å². The number of benzene rings is 1. The average Bonchev–Trinajstić information content (AvgIpc) is 2.65. The number of nitrogens with one attached hydrogen (secondary N) is 1. The van der Waals surface area contributed by atoms with Gasteiger partial charge in [0.1, 0.15) is 0 Å². The molecule has 1 heterocycles. The Labute approximate surface area is 125 Å². The highest BCUT2D eigenvalue weighted by Gasteiger charge is 2.17. The zero-order chi connectivity index (χ0) is 12.4. The first-order valence-corrected chi connectivity index (χ1v) is 7.61. The largest absolute Gasteiger partial charge is 0.271 e. The van der Waals surface area contributed by atoms with Crippen LogP contribution in [0.2, 0.25) is 5.02 Å². The van der Waals surface area contributed by atoms with Gasteiger partial charge < -0.3 is 0 Å². The van der Waals surface area contributed by atoms with Crippen LogP contribution >= 0.6 is 54.8 Å². The predicted molar refractivity (Wildman–Crippen MR) is 80.3 cm³/mol. The molecule has 2 aromatic rings. The summed E-state index contributed by atoms with van der Waals surface area (Å²) in [5.74, 6) is 5.64. The lowest BCUT2D eigenvalue weighted by molar-refractivity contribution is 0.644. The van der Waals surface area contributed by atoms with E-state index in [-0.39, 0.29) is 6.04 Å². The van der Waals surface area contributed by atoms with Crippen LogP contribution in [0.4, 0.5) is 0 Å². The minimum atomic E-state index is -0.0700. The van der Waals surface area contributed by atoms with Crippen LogP contribution in [-0.4, -0.2) is 0 Å². The van der Waals surface area contributed by atoms with Crippen LogP contribution < -0.4 is 11.3 Å². The van der Waals surface area contributed by atoms with E-state index in [0.717, 1.165) is 19.4 Å². The van der Waals surface area contributed by atoms with Crippen molar-refractivity contribution in [2.75, 3.05) is 0 Å². The smallest absolute Gasteiger partial charge is 0.0814 e. The molecule has 0 spiro atoms. The first kappa shape index (κ1) is 13.5. The zero-order valence-electron chi connectivity index (χ0n) is 8.58. The highest BCUT2D eigenvalue weighted by molar-refractivity contribution is 9.10. The van der Waals surface area contributed by atoms with E-state index in [4.69, 9.17) is 17.4 Å². The Morgan fingerprint density at radius 2 is 2.06 bits per heavy atom. The SMILES string of the molecule is NNC(c1cc(Cl)cc(Br)c1)c1sccc1Br. The molecule has 17 heavy (non-hydrogen) atoms. The molecule has 0 saturated heterocycles. The predicted octanol–water partition coefficient (Wildman–Crippen LogP) is 4.48. The van der Waals surface area contributed by atoms with Crippen molar-refractivity contribution < 1.29 is 0 Å². The van der Waals surface area contributed by atoms with Crippen LogP contribution in [-0.2, 0) is 0 Å². The first-order chi connectivity index (χ1) is 8.11. The van der Waals surface area contributed by atoms with Gasteiger partial charge in [0.25, 0.3) is 0 Å². The fraction of sp³-hybridized carbons (Fsp3) is 0.0909. The van der Waals surface area contributed by atoms with Crippen LogP contribution in [0.25, 0.3) is 0 Å². The van der Waals surface area contributed by atoms with Gasteiger partial charge in [0, 0.05) is 18.8 Å². The van der Waals surface area contributed by atoms with Gasteiger partial charge in [-0.15, -0.1) is 11.3 Å². The van der Waals surface area contributed by atoms with Crippen molar-refractivity contribution in [3.8, 4) is 0 Å². The van der Waals surface area contributed by atoms with E-state index in [1.54, 1.807) is 11.3 Å². The summed E-state index contributed by atoms with van der Waals surface area (Å²) in [6.07, 6.45) is 0. The van der Waals surface area contributed by atoms with E-state index in [1.165, 1.54) is 0 Å². The van der Waals surface area contributed by atoms with Gasteiger partial charge in [-0.1, -0.05) is 27.5 Å². The number of thiophene rings is 1. The van der Waals surface area contributed by atoms with Gasteiger partial charge in [0.05, 0.1) is 6.04 Å².